The summed E-state index contributed by atoms with van der Waals surface area (Å²) >= 11 is 4.83. The summed E-state index contributed by atoms with van der Waals surface area (Å²) in [6.07, 6.45) is 1.75. The van der Waals surface area contributed by atoms with Gasteiger partial charge in [-0.1, -0.05) is 0 Å². The van der Waals surface area contributed by atoms with Gasteiger partial charge in [-0.3, -0.25) is 0 Å². The molecule has 2 rings (SSSR count). The summed E-state index contributed by atoms with van der Waals surface area (Å²) in [6, 6.07) is 3.57. The summed E-state index contributed by atoms with van der Waals surface area (Å²) in [5, 5.41) is 2.79. The number of nitrogens with zero attached hydrogens (tertiary/aromatic N) is 2. The zero-order valence-corrected chi connectivity index (χ0v) is 8.97. The Morgan fingerprint density at radius 1 is 1.38 bits per heavy atom. The average Bonchev–Trinajstić information content (AvgIpc) is 2.53. The van der Waals surface area contributed by atoms with Crippen molar-refractivity contribution in [1.82, 2.24) is 9.97 Å². The third-order valence-electron chi connectivity index (χ3n) is 1.47. The summed E-state index contributed by atoms with van der Waals surface area (Å²) in [7, 11) is 0. The Morgan fingerprint density at radius 2 is 2.23 bits per heavy atom. The van der Waals surface area contributed by atoms with Crippen LogP contribution in [-0.2, 0) is 0 Å². The fourth-order valence-electron chi connectivity index (χ4n) is 0.976. The van der Waals surface area contributed by atoms with Crippen molar-refractivity contribution in [3.05, 3.63) is 28.3 Å². The van der Waals surface area contributed by atoms with Gasteiger partial charge < -0.3 is 5.73 Å². The first-order valence-corrected chi connectivity index (χ1v) is 5.26. The number of rotatable bonds is 1. The zero-order valence-electron chi connectivity index (χ0n) is 6.57. The molecular weight excluding hydrogens is 250 g/mol. The average molecular weight is 256 g/mol. The number of anilines is 1. The Labute approximate surface area is 87.8 Å². The van der Waals surface area contributed by atoms with Crippen molar-refractivity contribution in [2.24, 2.45) is 0 Å². The molecule has 0 spiro atoms. The molecule has 66 valence electrons. The number of halogens is 1. The van der Waals surface area contributed by atoms with E-state index < -0.39 is 0 Å². The highest BCUT2D eigenvalue weighted by Crippen LogP contribution is 2.23. The van der Waals surface area contributed by atoms with Crippen LogP contribution in [0, 0.1) is 0 Å². The fraction of sp³-hybridized carbons (Fsp3) is 0. The maximum Gasteiger partial charge on any atom is 0.141 e. The lowest BCUT2D eigenvalue weighted by Gasteiger charge is -1.98. The van der Waals surface area contributed by atoms with Crippen molar-refractivity contribution in [2.75, 3.05) is 5.73 Å². The van der Waals surface area contributed by atoms with Crippen LogP contribution < -0.4 is 5.73 Å². The molecule has 0 aliphatic rings. The molecule has 2 heterocycles. The molecule has 2 N–H and O–H groups in total. The molecule has 0 amide bonds. The van der Waals surface area contributed by atoms with Crippen LogP contribution in [0.5, 0.6) is 0 Å². The lowest BCUT2D eigenvalue weighted by molar-refractivity contribution is 1.26. The maximum absolute atomic E-state index is 5.67. The molecule has 0 aliphatic heterocycles. The molecule has 0 bridgehead atoms. The molecule has 2 aromatic rings. The highest BCUT2D eigenvalue weighted by molar-refractivity contribution is 9.10. The molecule has 0 unspecified atom stereocenters. The minimum atomic E-state index is 0.687. The molecule has 2 aromatic heterocycles. The van der Waals surface area contributed by atoms with Crippen LogP contribution >= 0.6 is 27.3 Å². The van der Waals surface area contributed by atoms with Crippen molar-refractivity contribution in [3.63, 3.8) is 0 Å². The van der Waals surface area contributed by atoms with E-state index in [1.54, 1.807) is 23.6 Å². The van der Waals surface area contributed by atoms with Crippen LogP contribution in [0.3, 0.4) is 0 Å². The van der Waals surface area contributed by atoms with Gasteiger partial charge in [0.15, 0.2) is 0 Å². The van der Waals surface area contributed by atoms with Gasteiger partial charge in [0.2, 0.25) is 0 Å². The Morgan fingerprint density at radius 3 is 2.85 bits per heavy atom. The minimum absolute atomic E-state index is 0.687. The van der Waals surface area contributed by atoms with Gasteiger partial charge in [-0.05, 0) is 28.1 Å². The normalized spacial score (nSPS) is 10.2. The van der Waals surface area contributed by atoms with Crippen molar-refractivity contribution in [2.45, 2.75) is 0 Å². The van der Waals surface area contributed by atoms with E-state index in [-0.39, 0.29) is 0 Å². The summed E-state index contributed by atoms with van der Waals surface area (Å²) < 4.78 is 0.734. The summed E-state index contributed by atoms with van der Waals surface area (Å²) in [5.74, 6) is 0. The first-order valence-electron chi connectivity index (χ1n) is 3.58. The topological polar surface area (TPSA) is 51.8 Å². The standard InChI is InChI=1S/C8H6BrN3S/c9-7-4-5(10)3-6(12-7)8-11-1-2-13-8/h1-4H,(H2,10,12). The zero-order chi connectivity index (χ0) is 9.26. The van der Waals surface area contributed by atoms with E-state index in [4.69, 9.17) is 5.73 Å². The Kier molecular flexibility index (Phi) is 2.28. The predicted molar refractivity (Wildman–Crippen MR) is 57.5 cm³/mol. The Hall–Kier alpha value is -0.940. The van der Waals surface area contributed by atoms with Gasteiger partial charge in [-0.2, -0.15) is 0 Å². The Balaban J connectivity index is 2.53. The van der Waals surface area contributed by atoms with Gasteiger partial charge in [0.05, 0.1) is 0 Å². The van der Waals surface area contributed by atoms with E-state index in [0.717, 1.165) is 15.3 Å². The number of pyridine rings is 1. The van der Waals surface area contributed by atoms with E-state index in [9.17, 15) is 0 Å². The molecule has 0 saturated carbocycles. The van der Waals surface area contributed by atoms with Crippen molar-refractivity contribution < 1.29 is 0 Å². The number of nitrogen functional groups attached to an aromatic ring is 1. The van der Waals surface area contributed by atoms with Gasteiger partial charge in [0, 0.05) is 17.3 Å². The number of nitrogens with two attached hydrogens (primary N) is 1. The monoisotopic (exact) mass is 255 g/mol. The second-order valence-electron chi connectivity index (χ2n) is 2.45. The molecule has 13 heavy (non-hydrogen) atoms. The van der Waals surface area contributed by atoms with Crippen LogP contribution in [0.15, 0.2) is 28.3 Å². The molecule has 0 aliphatic carbocycles. The van der Waals surface area contributed by atoms with Crippen molar-refractivity contribution >= 4 is 33.0 Å². The second kappa shape index (κ2) is 3.43. The van der Waals surface area contributed by atoms with E-state index in [1.165, 1.54) is 0 Å². The molecule has 0 atom stereocenters. The number of hydrogen-bond donors (Lipinski definition) is 1. The highest BCUT2D eigenvalue weighted by atomic mass is 79.9. The summed E-state index contributed by atoms with van der Waals surface area (Å²) in [4.78, 5) is 8.41. The SMILES string of the molecule is Nc1cc(Br)nc(-c2nccs2)c1. The first-order chi connectivity index (χ1) is 6.25. The van der Waals surface area contributed by atoms with Crippen LogP contribution in [-0.4, -0.2) is 9.97 Å². The minimum Gasteiger partial charge on any atom is -0.399 e. The summed E-state index contributed by atoms with van der Waals surface area (Å²) in [5.41, 5.74) is 7.17. The second-order valence-corrected chi connectivity index (χ2v) is 4.15. The van der Waals surface area contributed by atoms with Crippen LogP contribution in [0.25, 0.3) is 10.7 Å². The van der Waals surface area contributed by atoms with Gasteiger partial charge >= 0.3 is 0 Å². The molecular formula is C8H6BrN3S. The Bertz CT molecular complexity index is 393. The molecule has 0 aromatic carbocycles. The van der Waals surface area contributed by atoms with Gasteiger partial charge in [0.1, 0.15) is 15.3 Å². The quantitative estimate of drug-likeness (QED) is 0.797. The van der Waals surface area contributed by atoms with Crippen molar-refractivity contribution in [1.29, 1.82) is 0 Å². The van der Waals surface area contributed by atoms with Gasteiger partial charge in [-0.25, -0.2) is 9.97 Å². The fourth-order valence-corrected chi connectivity index (χ4v) is 2.03. The van der Waals surface area contributed by atoms with Crippen LogP contribution in [0.2, 0.25) is 0 Å². The predicted octanol–water partition coefficient (Wildman–Crippen LogP) is 2.55. The number of hydrogen-bond acceptors (Lipinski definition) is 4. The van der Waals surface area contributed by atoms with E-state index in [1.807, 2.05) is 11.4 Å². The first kappa shape index (κ1) is 8.65. The van der Waals surface area contributed by atoms with Gasteiger partial charge in [-0.15, -0.1) is 11.3 Å². The lowest BCUT2D eigenvalue weighted by atomic mass is 10.3. The van der Waals surface area contributed by atoms with Crippen LogP contribution in [0.1, 0.15) is 0 Å². The highest BCUT2D eigenvalue weighted by Gasteiger charge is 2.03. The van der Waals surface area contributed by atoms with Crippen molar-refractivity contribution in [3.8, 4) is 10.7 Å². The van der Waals surface area contributed by atoms with Gasteiger partial charge in [0.25, 0.3) is 0 Å². The molecule has 0 radical (unpaired) electrons. The maximum atomic E-state index is 5.67. The summed E-state index contributed by atoms with van der Waals surface area (Å²) in [6.45, 7) is 0. The molecule has 3 nitrogen and oxygen atoms in total. The molecule has 0 fully saturated rings. The largest absolute Gasteiger partial charge is 0.399 e. The van der Waals surface area contributed by atoms with Crippen LogP contribution in [0.4, 0.5) is 5.69 Å². The van der Waals surface area contributed by atoms with E-state index >= 15 is 0 Å². The number of aromatic nitrogens is 2. The smallest absolute Gasteiger partial charge is 0.141 e. The third-order valence-corrected chi connectivity index (χ3v) is 2.67. The molecule has 0 saturated heterocycles. The van der Waals surface area contributed by atoms with E-state index in [0.29, 0.717) is 5.69 Å². The third kappa shape index (κ3) is 1.87. The molecule has 5 heteroatoms. The lowest BCUT2D eigenvalue weighted by Crippen LogP contribution is -1.89. The van der Waals surface area contributed by atoms with E-state index in [2.05, 4.69) is 25.9 Å². The number of thiazole rings is 1.